The van der Waals surface area contributed by atoms with Crippen molar-refractivity contribution in [3.8, 4) is 0 Å². The lowest BCUT2D eigenvalue weighted by molar-refractivity contribution is -0.136. The van der Waals surface area contributed by atoms with Crippen LogP contribution in [0.4, 0.5) is 0 Å². The lowest BCUT2D eigenvalue weighted by Gasteiger charge is -2.28. The number of carbonyl (C=O) groups is 2. The zero-order valence-electron chi connectivity index (χ0n) is 15.4. The summed E-state index contributed by atoms with van der Waals surface area (Å²) in [5.74, 6) is 0.875. The first-order chi connectivity index (χ1) is 13.0. The minimum atomic E-state index is -0.250. The summed E-state index contributed by atoms with van der Waals surface area (Å²) in [4.78, 5) is 35.4. The van der Waals surface area contributed by atoms with Crippen LogP contribution in [0, 0.1) is 5.92 Å². The van der Waals surface area contributed by atoms with Gasteiger partial charge in [-0.1, -0.05) is 24.3 Å². The van der Waals surface area contributed by atoms with E-state index in [0.717, 1.165) is 38.2 Å². The first-order valence-corrected chi connectivity index (χ1v) is 9.11. The molecule has 0 bridgehead atoms. The highest BCUT2D eigenvalue weighted by Crippen LogP contribution is 2.22. The van der Waals surface area contributed by atoms with Crippen molar-refractivity contribution in [2.24, 2.45) is 13.0 Å². The number of rotatable bonds is 1. The van der Waals surface area contributed by atoms with Crippen LogP contribution in [0.15, 0.2) is 29.1 Å². The Morgan fingerprint density at radius 2 is 1.78 bits per heavy atom. The van der Waals surface area contributed by atoms with Gasteiger partial charge in [-0.2, -0.15) is 5.10 Å². The molecular weight excluding hydrogens is 348 g/mol. The highest BCUT2D eigenvalue weighted by atomic mass is 16.3. The molecule has 3 heterocycles. The quantitative estimate of drug-likeness (QED) is 0.734. The van der Waals surface area contributed by atoms with Gasteiger partial charge in [0.15, 0.2) is 0 Å². The molecule has 1 aromatic heterocycles. The second kappa shape index (κ2) is 8.20. The van der Waals surface area contributed by atoms with Crippen LogP contribution >= 0.6 is 0 Å². The lowest BCUT2D eigenvalue weighted by atomic mass is 9.97. The minimum absolute atomic E-state index is 0.111. The number of amides is 1. The molecule has 0 spiro atoms. The number of carboxylic acid groups (broad SMARTS) is 1. The first kappa shape index (κ1) is 18.9. The molecule has 2 aliphatic heterocycles. The van der Waals surface area contributed by atoms with Crippen molar-refractivity contribution in [2.75, 3.05) is 13.1 Å². The summed E-state index contributed by atoms with van der Waals surface area (Å²) < 4.78 is 3.03. The molecule has 4 rings (SSSR count). The fraction of sp³-hybridized carbons (Fsp3) is 0.474. The molecule has 1 atom stereocenters. The minimum Gasteiger partial charge on any atom is -0.483 e. The number of benzene rings is 1. The SMILES string of the molecule is Cn1nc2n(c1=O)CC(C(=O)N1CCc3ccccc3CC1)CC2.O=CO. The van der Waals surface area contributed by atoms with Crippen LogP contribution in [0.2, 0.25) is 0 Å². The van der Waals surface area contributed by atoms with E-state index in [2.05, 4.69) is 29.4 Å². The molecule has 8 nitrogen and oxygen atoms in total. The second-order valence-electron chi connectivity index (χ2n) is 6.87. The maximum Gasteiger partial charge on any atom is 0.345 e. The van der Waals surface area contributed by atoms with E-state index in [1.54, 1.807) is 11.6 Å². The fourth-order valence-corrected chi connectivity index (χ4v) is 3.89. The number of nitrogens with zero attached hydrogens (tertiary/aromatic N) is 4. The Morgan fingerprint density at radius 3 is 2.37 bits per heavy atom. The normalized spacial score (nSPS) is 18.4. The van der Waals surface area contributed by atoms with Crippen LogP contribution in [0.25, 0.3) is 0 Å². The van der Waals surface area contributed by atoms with Crippen LogP contribution in [0.3, 0.4) is 0 Å². The van der Waals surface area contributed by atoms with Crippen molar-refractivity contribution >= 4 is 12.4 Å². The van der Waals surface area contributed by atoms with E-state index in [9.17, 15) is 9.59 Å². The largest absolute Gasteiger partial charge is 0.483 e. The van der Waals surface area contributed by atoms with Crippen LogP contribution in [0.1, 0.15) is 23.4 Å². The number of hydrogen-bond acceptors (Lipinski definition) is 4. The molecule has 1 amide bonds. The number of carbonyl (C=O) groups excluding carboxylic acids is 1. The van der Waals surface area contributed by atoms with Crippen molar-refractivity contribution in [3.05, 3.63) is 51.7 Å². The van der Waals surface area contributed by atoms with E-state index in [1.807, 2.05) is 4.90 Å². The summed E-state index contributed by atoms with van der Waals surface area (Å²) in [5.41, 5.74) is 2.58. The van der Waals surface area contributed by atoms with Gasteiger partial charge in [0.1, 0.15) is 5.82 Å². The van der Waals surface area contributed by atoms with Crippen molar-refractivity contribution in [1.82, 2.24) is 19.2 Å². The van der Waals surface area contributed by atoms with E-state index < -0.39 is 0 Å². The Hall–Kier alpha value is -2.90. The number of hydrogen-bond donors (Lipinski definition) is 1. The van der Waals surface area contributed by atoms with Gasteiger partial charge in [-0.05, 0) is 30.4 Å². The molecule has 0 fully saturated rings. The summed E-state index contributed by atoms with van der Waals surface area (Å²) in [5, 5.41) is 11.1. The first-order valence-electron chi connectivity index (χ1n) is 9.11. The van der Waals surface area contributed by atoms with Gasteiger partial charge in [0.2, 0.25) is 5.91 Å². The van der Waals surface area contributed by atoms with Gasteiger partial charge in [-0.15, -0.1) is 0 Å². The zero-order valence-corrected chi connectivity index (χ0v) is 15.4. The average Bonchev–Trinajstić information content (AvgIpc) is 2.85. The van der Waals surface area contributed by atoms with Gasteiger partial charge in [0, 0.05) is 33.1 Å². The van der Waals surface area contributed by atoms with Crippen LogP contribution in [-0.4, -0.2) is 49.8 Å². The average molecular weight is 372 g/mol. The predicted octanol–water partition coefficient (Wildman–Crippen LogP) is 0.472. The van der Waals surface area contributed by atoms with Gasteiger partial charge in [-0.25, -0.2) is 9.48 Å². The molecule has 1 N–H and O–H groups in total. The summed E-state index contributed by atoms with van der Waals surface area (Å²) in [7, 11) is 1.66. The standard InChI is InChI=1S/C18H22N4O2.CH2O2/c1-20-18(24)22-12-15(6-7-16(22)19-20)17(23)21-10-8-13-4-2-3-5-14(13)9-11-21;2-1-3/h2-5,15H,6-12H2,1H3;1H,(H,2,3). The maximum absolute atomic E-state index is 13.0. The van der Waals surface area contributed by atoms with Gasteiger partial charge in [0.25, 0.3) is 6.47 Å². The molecule has 0 saturated carbocycles. The molecule has 27 heavy (non-hydrogen) atoms. The molecule has 2 aliphatic rings. The van der Waals surface area contributed by atoms with Crippen molar-refractivity contribution in [3.63, 3.8) is 0 Å². The van der Waals surface area contributed by atoms with Crippen molar-refractivity contribution in [2.45, 2.75) is 32.2 Å². The Balaban J connectivity index is 0.000000659. The van der Waals surface area contributed by atoms with Crippen molar-refractivity contribution in [1.29, 1.82) is 0 Å². The highest BCUT2D eigenvalue weighted by molar-refractivity contribution is 5.79. The Morgan fingerprint density at radius 1 is 1.19 bits per heavy atom. The predicted molar refractivity (Wildman–Crippen MR) is 98.4 cm³/mol. The Kier molecular flexibility index (Phi) is 5.73. The summed E-state index contributed by atoms with van der Waals surface area (Å²) >= 11 is 0. The van der Waals surface area contributed by atoms with Gasteiger partial charge >= 0.3 is 5.69 Å². The lowest BCUT2D eigenvalue weighted by Crippen LogP contribution is -2.42. The summed E-state index contributed by atoms with van der Waals surface area (Å²) in [6.07, 6.45) is 3.29. The Bertz CT molecular complexity index is 859. The van der Waals surface area contributed by atoms with Gasteiger partial charge < -0.3 is 10.0 Å². The van der Waals surface area contributed by atoms with E-state index in [4.69, 9.17) is 9.90 Å². The van der Waals surface area contributed by atoms with Gasteiger partial charge in [-0.3, -0.25) is 14.2 Å². The summed E-state index contributed by atoms with van der Waals surface area (Å²) in [6.45, 7) is 1.74. The van der Waals surface area contributed by atoms with Gasteiger partial charge in [0.05, 0.1) is 5.92 Å². The number of fused-ring (bicyclic) bond motifs is 2. The smallest absolute Gasteiger partial charge is 0.345 e. The Labute approximate surface area is 157 Å². The topological polar surface area (TPSA) is 97.4 Å². The molecule has 144 valence electrons. The van der Waals surface area contributed by atoms with Crippen molar-refractivity contribution < 1.29 is 14.7 Å². The molecule has 1 aromatic carbocycles. The molecule has 0 aliphatic carbocycles. The summed E-state index contributed by atoms with van der Waals surface area (Å²) in [6, 6.07) is 8.44. The van der Waals surface area contributed by atoms with Crippen LogP contribution in [-0.2, 0) is 42.4 Å². The van der Waals surface area contributed by atoms with E-state index in [-0.39, 0.29) is 24.0 Å². The van der Waals surface area contributed by atoms with Crippen LogP contribution in [0.5, 0.6) is 0 Å². The monoisotopic (exact) mass is 372 g/mol. The van der Waals surface area contributed by atoms with Crippen LogP contribution < -0.4 is 5.69 Å². The molecule has 1 unspecified atom stereocenters. The highest BCUT2D eigenvalue weighted by Gasteiger charge is 2.31. The molecule has 0 saturated heterocycles. The maximum atomic E-state index is 13.0. The van der Waals surface area contributed by atoms with E-state index >= 15 is 0 Å². The third kappa shape index (κ3) is 3.94. The fourth-order valence-electron chi connectivity index (χ4n) is 3.89. The third-order valence-corrected chi connectivity index (χ3v) is 5.29. The zero-order chi connectivity index (χ0) is 19.4. The molecule has 8 heteroatoms. The third-order valence-electron chi connectivity index (χ3n) is 5.29. The van der Waals surface area contributed by atoms with E-state index in [1.165, 1.54) is 15.8 Å². The molecule has 2 aromatic rings. The second-order valence-corrected chi connectivity index (χ2v) is 6.87. The molecule has 0 radical (unpaired) electrons. The van der Waals surface area contributed by atoms with E-state index in [0.29, 0.717) is 13.0 Å². The number of aromatic nitrogens is 3. The number of aryl methyl sites for hydroxylation is 2. The molecular formula is C19H24N4O4.